The van der Waals surface area contributed by atoms with Gasteiger partial charge in [0, 0.05) is 5.69 Å². The topological polar surface area (TPSA) is 164 Å². The lowest BCUT2D eigenvalue weighted by molar-refractivity contribution is 0.0443. The number of anilines is 2. The molecule has 0 bridgehead atoms. The number of nitrogens with zero attached hydrogens (tertiary/aromatic N) is 2. The van der Waals surface area contributed by atoms with Gasteiger partial charge in [-0.2, -0.15) is 5.26 Å². The van der Waals surface area contributed by atoms with Crippen LogP contribution in [0.4, 0.5) is 17.1 Å². The highest BCUT2D eigenvalue weighted by molar-refractivity contribution is 6.34. The zero-order chi connectivity index (χ0) is 30.8. The van der Waals surface area contributed by atoms with Crippen LogP contribution in [-0.4, -0.2) is 28.9 Å². The monoisotopic (exact) mass is 600 g/mol. The molecule has 4 aromatic carbocycles. The van der Waals surface area contributed by atoms with Crippen molar-refractivity contribution >= 4 is 64.1 Å². The number of fused-ring (bicyclic) bond motifs is 1. The number of carbonyl (C=O) groups excluding carboxylic acids is 3. The van der Waals surface area contributed by atoms with E-state index in [0.29, 0.717) is 33.1 Å². The fourth-order valence-electron chi connectivity index (χ4n) is 3.38. The molecule has 4 N–H and O–H groups in total. The molecule has 0 radical (unpaired) electrons. The zero-order valence-electron chi connectivity index (χ0n) is 21.3. The zero-order valence-corrected chi connectivity index (χ0v) is 22.8. The maximum Gasteiger partial charge on any atom is 0.346 e. The Morgan fingerprint density at radius 1 is 0.881 bits per heavy atom. The van der Waals surface area contributed by atoms with E-state index in [-0.39, 0.29) is 21.8 Å². The summed E-state index contributed by atoms with van der Waals surface area (Å²) in [5.41, 5.74) is 7.60. The fourth-order valence-corrected chi connectivity index (χ4v) is 3.66. The number of nitrogens with one attached hydrogen (secondary N) is 1. The lowest BCUT2D eigenvalue weighted by Crippen LogP contribution is -2.16. The van der Waals surface area contributed by atoms with E-state index in [1.165, 1.54) is 36.4 Å². The number of benzene rings is 4. The van der Waals surface area contributed by atoms with Gasteiger partial charge < -0.3 is 20.9 Å². The van der Waals surface area contributed by atoms with Crippen LogP contribution in [0.1, 0.15) is 47.0 Å². The first-order valence-corrected chi connectivity index (χ1v) is 12.4. The first-order valence-electron chi connectivity index (χ1n) is 11.7. The number of carboxylic acids is 1. The van der Waals surface area contributed by atoms with Crippen molar-refractivity contribution in [1.82, 2.24) is 0 Å². The third-order valence-corrected chi connectivity index (χ3v) is 6.08. The number of esters is 2. The van der Waals surface area contributed by atoms with Crippen LogP contribution >= 0.6 is 23.2 Å². The summed E-state index contributed by atoms with van der Waals surface area (Å²) in [6.45, 7) is 6.64. The van der Waals surface area contributed by atoms with E-state index in [9.17, 15) is 19.2 Å². The summed E-state index contributed by atoms with van der Waals surface area (Å²) in [5, 5.41) is 21.2. The molecule has 208 valence electrons. The van der Waals surface area contributed by atoms with Crippen LogP contribution in [0.2, 0.25) is 10.0 Å². The highest BCUT2D eigenvalue weighted by Gasteiger charge is 2.28. The minimum absolute atomic E-state index is 0.0171. The third kappa shape index (κ3) is 7.71. The third-order valence-electron chi connectivity index (χ3n) is 5.41. The van der Waals surface area contributed by atoms with Gasteiger partial charge in [0.2, 0.25) is 0 Å². The van der Waals surface area contributed by atoms with Gasteiger partial charge in [-0.25, -0.2) is 19.2 Å². The van der Waals surface area contributed by atoms with Crippen molar-refractivity contribution in [1.29, 1.82) is 5.26 Å². The van der Waals surface area contributed by atoms with Gasteiger partial charge in [0.15, 0.2) is 5.69 Å². The largest absolute Gasteiger partial charge is 0.478 e. The average Bonchev–Trinajstić information content (AvgIpc) is 3.29. The lowest BCUT2D eigenvalue weighted by Gasteiger charge is -2.09. The first kappa shape index (κ1) is 30.9. The van der Waals surface area contributed by atoms with E-state index in [4.69, 9.17) is 45.9 Å². The molecule has 0 fully saturated rings. The van der Waals surface area contributed by atoms with E-state index >= 15 is 0 Å². The number of cyclic esters (lactones) is 2. The van der Waals surface area contributed by atoms with Crippen molar-refractivity contribution in [2.45, 2.75) is 0 Å². The van der Waals surface area contributed by atoms with Crippen LogP contribution in [0.5, 0.6) is 0 Å². The second-order valence-corrected chi connectivity index (χ2v) is 8.97. The van der Waals surface area contributed by atoms with Gasteiger partial charge in [0.25, 0.3) is 5.91 Å². The molecule has 1 heterocycles. The van der Waals surface area contributed by atoms with Crippen molar-refractivity contribution < 1.29 is 29.0 Å². The van der Waals surface area contributed by atoms with Crippen LogP contribution in [0.3, 0.4) is 0 Å². The van der Waals surface area contributed by atoms with Crippen LogP contribution in [0.25, 0.3) is 4.85 Å². The Labute approximate surface area is 249 Å². The van der Waals surface area contributed by atoms with E-state index < -0.39 is 23.8 Å². The van der Waals surface area contributed by atoms with Crippen LogP contribution in [0.15, 0.2) is 84.9 Å². The van der Waals surface area contributed by atoms with Crippen molar-refractivity contribution in [3.05, 3.63) is 134 Å². The van der Waals surface area contributed by atoms with E-state index in [1.807, 2.05) is 6.07 Å². The molecule has 0 saturated heterocycles. The molecule has 4 aromatic rings. The number of rotatable bonds is 3. The van der Waals surface area contributed by atoms with Gasteiger partial charge in [-0.1, -0.05) is 59.6 Å². The molecule has 0 unspecified atom stereocenters. The molecule has 42 heavy (non-hydrogen) atoms. The summed E-state index contributed by atoms with van der Waals surface area (Å²) in [6.07, 6.45) is 0. The van der Waals surface area contributed by atoms with Crippen LogP contribution in [0, 0.1) is 17.9 Å². The van der Waals surface area contributed by atoms with Crippen molar-refractivity contribution in [2.75, 3.05) is 11.1 Å². The maximum absolute atomic E-state index is 12.2. The molecule has 0 atom stereocenters. The van der Waals surface area contributed by atoms with Crippen LogP contribution < -0.4 is 11.1 Å². The molecule has 1 aliphatic rings. The molecule has 0 saturated carbocycles. The van der Waals surface area contributed by atoms with Crippen molar-refractivity contribution in [3.63, 3.8) is 0 Å². The number of nitrogen functional groups attached to an aromatic ring is 1. The number of hydrogen-bond acceptors (Lipinski definition) is 7. The second-order valence-electron chi connectivity index (χ2n) is 8.15. The number of ether oxygens (including phenoxy) is 1. The molecular formula is C30H18Cl2N4O6. The minimum Gasteiger partial charge on any atom is -0.478 e. The normalized spacial score (nSPS) is 10.8. The first-order chi connectivity index (χ1) is 20.0. The average molecular weight is 601 g/mol. The van der Waals surface area contributed by atoms with Gasteiger partial charge in [-0.05, 0) is 48.5 Å². The van der Waals surface area contributed by atoms with E-state index in [2.05, 4.69) is 14.9 Å². The summed E-state index contributed by atoms with van der Waals surface area (Å²) in [5.74, 6) is -2.90. The van der Waals surface area contributed by atoms with Gasteiger partial charge in [0.1, 0.15) is 0 Å². The number of aromatic carboxylic acids is 1. The Kier molecular flexibility index (Phi) is 10.4. The molecule has 5 rings (SSSR count). The molecular weight excluding hydrogens is 583 g/mol. The number of carboxylic acid groups (broad SMARTS) is 1. The van der Waals surface area contributed by atoms with Crippen LogP contribution in [-0.2, 0) is 4.74 Å². The molecule has 0 aromatic heterocycles. The Morgan fingerprint density at radius 2 is 1.45 bits per heavy atom. The highest BCUT2D eigenvalue weighted by atomic mass is 35.5. The molecule has 12 heteroatoms. The Hall–Kier alpha value is -5.68. The number of hydrogen-bond donors (Lipinski definition) is 3. The van der Waals surface area contributed by atoms with E-state index in [0.717, 1.165) is 0 Å². The van der Waals surface area contributed by atoms with Crippen molar-refractivity contribution in [3.8, 4) is 6.07 Å². The quantitative estimate of drug-likeness (QED) is 0.102. The predicted octanol–water partition coefficient (Wildman–Crippen LogP) is 6.63. The summed E-state index contributed by atoms with van der Waals surface area (Å²) >= 11 is 11.6. The van der Waals surface area contributed by atoms with Gasteiger partial charge in [-0.3, -0.25) is 4.79 Å². The molecule has 1 aliphatic heterocycles. The summed E-state index contributed by atoms with van der Waals surface area (Å²) < 4.78 is 4.35. The summed E-state index contributed by atoms with van der Waals surface area (Å²) in [7, 11) is 0. The smallest absolute Gasteiger partial charge is 0.346 e. The Bertz CT molecular complexity index is 1760. The maximum atomic E-state index is 12.2. The predicted molar refractivity (Wildman–Crippen MR) is 156 cm³/mol. The Morgan fingerprint density at radius 3 is 2.00 bits per heavy atom. The molecule has 10 nitrogen and oxygen atoms in total. The second kappa shape index (κ2) is 14.1. The molecule has 0 aliphatic carbocycles. The Balaban J connectivity index is 0.000000192. The minimum atomic E-state index is -1.20. The van der Waals surface area contributed by atoms with E-state index in [1.54, 1.807) is 48.5 Å². The summed E-state index contributed by atoms with van der Waals surface area (Å²) in [4.78, 5) is 48.1. The number of amides is 1. The molecule has 1 amide bonds. The number of carbonyl (C=O) groups is 4. The SMILES string of the molecule is N#Cc1ccc(Cl)c(NC(=O)c2ccccc2C(=O)O)c1.O=C1OC(=O)c2ccccc21.[C-]#[N+]c1ccc(Cl)c(N)c1. The number of halogens is 2. The number of nitriles is 1. The van der Waals surface area contributed by atoms with Gasteiger partial charge in [0.05, 0.1) is 56.2 Å². The summed E-state index contributed by atoms with van der Waals surface area (Å²) in [6, 6.07) is 23.5. The standard InChI is InChI=1S/C15H9ClN2O3.C8H4O3.C7H5ClN2/c16-12-6-5-9(8-17)7-13(12)18-14(19)10-3-1-2-4-11(10)15(20)21;9-7-5-3-1-2-4-6(5)8(10)11-7;1-10-5-2-3-6(8)7(9)4-5/h1-7H,(H,18,19)(H,20,21);1-4H;2-4H,9H2. The molecule has 0 spiro atoms. The van der Waals surface area contributed by atoms with Gasteiger partial charge >= 0.3 is 17.9 Å². The number of nitrogens with two attached hydrogens (primary N) is 1. The lowest BCUT2D eigenvalue weighted by atomic mass is 10.1. The fraction of sp³-hybridized carbons (Fsp3) is 0. The van der Waals surface area contributed by atoms with Crippen molar-refractivity contribution in [2.24, 2.45) is 0 Å². The van der Waals surface area contributed by atoms with Gasteiger partial charge in [-0.15, -0.1) is 0 Å². The highest BCUT2D eigenvalue weighted by Crippen LogP contribution is 2.25.